The average Bonchev–Trinajstić information content (AvgIpc) is 3.18. The van der Waals surface area contributed by atoms with E-state index in [0.717, 1.165) is 26.1 Å². The van der Waals surface area contributed by atoms with Crippen molar-refractivity contribution < 1.29 is 14.3 Å². The van der Waals surface area contributed by atoms with Crippen molar-refractivity contribution in [3.63, 3.8) is 0 Å². The van der Waals surface area contributed by atoms with Crippen molar-refractivity contribution in [3.8, 4) is 5.75 Å². The van der Waals surface area contributed by atoms with E-state index in [9.17, 15) is 9.59 Å². The molecule has 0 aliphatic carbocycles. The molecule has 3 rings (SSSR count). The zero-order chi connectivity index (χ0) is 21.5. The highest BCUT2D eigenvalue weighted by Gasteiger charge is 2.29. The Morgan fingerprint density at radius 2 is 1.80 bits per heavy atom. The van der Waals surface area contributed by atoms with Gasteiger partial charge in [-0.15, -0.1) is 0 Å². The molecule has 0 bridgehead atoms. The number of amides is 2. The highest BCUT2D eigenvalue weighted by Crippen LogP contribution is 2.15. The van der Waals surface area contributed by atoms with Crippen molar-refractivity contribution in [2.75, 3.05) is 20.2 Å². The van der Waals surface area contributed by atoms with Crippen LogP contribution in [-0.4, -0.2) is 49.0 Å². The van der Waals surface area contributed by atoms with Crippen LogP contribution >= 0.6 is 0 Å². The summed E-state index contributed by atoms with van der Waals surface area (Å²) in [7, 11) is 1.58. The quantitative estimate of drug-likeness (QED) is 0.703. The van der Waals surface area contributed by atoms with Crippen molar-refractivity contribution in [2.45, 2.75) is 38.9 Å². The Labute approximate surface area is 178 Å². The van der Waals surface area contributed by atoms with Gasteiger partial charge >= 0.3 is 0 Å². The van der Waals surface area contributed by atoms with E-state index in [2.05, 4.69) is 27.7 Å². The van der Waals surface area contributed by atoms with Gasteiger partial charge in [-0.3, -0.25) is 14.5 Å². The van der Waals surface area contributed by atoms with Crippen LogP contribution in [0.1, 0.15) is 36.2 Å². The van der Waals surface area contributed by atoms with Gasteiger partial charge in [-0.05, 0) is 42.2 Å². The van der Waals surface area contributed by atoms with E-state index in [1.807, 2.05) is 32.0 Å². The molecular weight excluding hydrogens is 378 g/mol. The Morgan fingerprint density at radius 1 is 1.10 bits per heavy atom. The predicted molar refractivity (Wildman–Crippen MR) is 117 cm³/mol. The lowest BCUT2D eigenvalue weighted by atomic mass is 10.0. The molecule has 160 valence electrons. The van der Waals surface area contributed by atoms with Crippen molar-refractivity contribution in [1.29, 1.82) is 0 Å². The SMILES string of the molecule is COc1ccc(C(=O)NC(C(=O)NC2CCN(Cc3ccccc3)C2)C(C)C)cc1. The monoisotopic (exact) mass is 409 g/mol. The van der Waals surface area contributed by atoms with Crippen molar-refractivity contribution in [3.05, 3.63) is 65.7 Å². The first-order chi connectivity index (χ1) is 14.5. The molecule has 0 radical (unpaired) electrons. The van der Waals surface area contributed by atoms with E-state index in [1.165, 1.54) is 5.56 Å². The molecule has 2 N–H and O–H groups in total. The van der Waals surface area contributed by atoms with E-state index < -0.39 is 6.04 Å². The molecule has 2 unspecified atom stereocenters. The molecule has 2 amide bonds. The van der Waals surface area contributed by atoms with Crippen LogP contribution in [0.5, 0.6) is 5.75 Å². The molecule has 2 aromatic rings. The highest BCUT2D eigenvalue weighted by atomic mass is 16.5. The van der Waals surface area contributed by atoms with Crippen molar-refractivity contribution in [2.24, 2.45) is 5.92 Å². The maximum atomic E-state index is 12.9. The minimum absolute atomic E-state index is 0.0194. The molecule has 1 heterocycles. The number of hydrogen-bond acceptors (Lipinski definition) is 4. The Hall–Kier alpha value is -2.86. The number of carbonyl (C=O) groups is 2. The number of hydrogen-bond donors (Lipinski definition) is 2. The Bertz CT molecular complexity index is 837. The normalized spacial score (nSPS) is 17.5. The second kappa shape index (κ2) is 10.3. The van der Waals surface area contributed by atoms with E-state index >= 15 is 0 Å². The van der Waals surface area contributed by atoms with Crippen LogP contribution in [0.4, 0.5) is 0 Å². The summed E-state index contributed by atoms with van der Waals surface area (Å²) in [5, 5.41) is 6.03. The Morgan fingerprint density at radius 3 is 2.43 bits per heavy atom. The van der Waals surface area contributed by atoms with E-state index in [1.54, 1.807) is 31.4 Å². The summed E-state index contributed by atoms with van der Waals surface area (Å²) in [4.78, 5) is 27.9. The minimum Gasteiger partial charge on any atom is -0.497 e. The lowest BCUT2D eigenvalue weighted by Crippen LogP contribution is -2.52. The maximum absolute atomic E-state index is 12.9. The summed E-state index contributed by atoms with van der Waals surface area (Å²) in [6.07, 6.45) is 0.913. The van der Waals surface area contributed by atoms with Gasteiger partial charge in [0, 0.05) is 31.2 Å². The van der Waals surface area contributed by atoms with Gasteiger partial charge in [0.15, 0.2) is 0 Å². The molecule has 1 aliphatic rings. The number of benzene rings is 2. The van der Waals surface area contributed by atoms with Gasteiger partial charge in [-0.2, -0.15) is 0 Å². The van der Waals surface area contributed by atoms with Crippen LogP contribution in [0, 0.1) is 5.92 Å². The third-order valence-electron chi connectivity index (χ3n) is 5.46. The Kier molecular flexibility index (Phi) is 7.46. The van der Waals surface area contributed by atoms with Crippen molar-refractivity contribution in [1.82, 2.24) is 15.5 Å². The van der Waals surface area contributed by atoms with E-state index in [0.29, 0.717) is 11.3 Å². The fourth-order valence-electron chi connectivity index (χ4n) is 3.73. The van der Waals surface area contributed by atoms with Crippen LogP contribution in [0.3, 0.4) is 0 Å². The minimum atomic E-state index is -0.581. The number of ether oxygens (including phenoxy) is 1. The second-order valence-electron chi connectivity index (χ2n) is 8.14. The molecule has 2 aromatic carbocycles. The number of methoxy groups -OCH3 is 1. The number of rotatable bonds is 8. The molecule has 1 fully saturated rings. The van der Waals surface area contributed by atoms with Crippen LogP contribution in [0.25, 0.3) is 0 Å². The van der Waals surface area contributed by atoms with Gasteiger partial charge in [-0.25, -0.2) is 0 Å². The summed E-state index contributed by atoms with van der Waals surface area (Å²) in [6, 6.07) is 16.7. The topological polar surface area (TPSA) is 70.7 Å². The molecule has 0 aromatic heterocycles. The number of nitrogens with one attached hydrogen (secondary N) is 2. The fourth-order valence-corrected chi connectivity index (χ4v) is 3.73. The van der Waals surface area contributed by atoms with Gasteiger partial charge in [0.2, 0.25) is 5.91 Å². The number of nitrogens with zero attached hydrogens (tertiary/aromatic N) is 1. The van der Waals surface area contributed by atoms with Crippen LogP contribution in [0.15, 0.2) is 54.6 Å². The summed E-state index contributed by atoms with van der Waals surface area (Å²) >= 11 is 0. The molecule has 30 heavy (non-hydrogen) atoms. The van der Waals surface area contributed by atoms with Crippen LogP contribution in [-0.2, 0) is 11.3 Å². The molecule has 2 atom stereocenters. The Balaban J connectivity index is 1.54. The fraction of sp³-hybridized carbons (Fsp3) is 0.417. The summed E-state index contributed by atoms with van der Waals surface area (Å²) < 4.78 is 5.13. The number of likely N-dealkylation sites (tertiary alicyclic amines) is 1. The van der Waals surface area contributed by atoms with Crippen molar-refractivity contribution >= 4 is 11.8 Å². The first kappa shape index (κ1) is 21.8. The average molecular weight is 410 g/mol. The molecule has 1 saturated heterocycles. The van der Waals surface area contributed by atoms with Gasteiger partial charge in [0.05, 0.1) is 7.11 Å². The molecule has 1 aliphatic heterocycles. The zero-order valence-corrected chi connectivity index (χ0v) is 17.9. The summed E-state index contributed by atoms with van der Waals surface area (Å²) in [6.45, 7) is 6.53. The van der Waals surface area contributed by atoms with E-state index in [-0.39, 0.29) is 23.8 Å². The molecule has 6 heteroatoms. The molecule has 6 nitrogen and oxygen atoms in total. The predicted octanol–water partition coefficient (Wildman–Crippen LogP) is 2.84. The van der Waals surface area contributed by atoms with Crippen LogP contribution < -0.4 is 15.4 Å². The molecule has 0 spiro atoms. The van der Waals surface area contributed by atoms with E-state index in [4.69, 9.17) is 4.74 Å². The summed E-state index contributed by atoms with van der Waals surface area (Å²) in [5.41, 5.74) is 1.78. The van der Waals surface area contributed by atoms with Gasteiger partial charge in [-0.1, -0.05) is 44.2 Å². The second-order valence-corrected chi connectivity index (χ2v) is 8.14. The van der Waals surface area contributed by atoms with Gasteiger partial charge in [0.1, 0.15) is 11.8 Å². The van der Waals surface area contributed by atoms with Gasteiger partial charge < -0.3 is 15.4 Å². The first-order valence-corrected chi connectivity index (χ1v) is 10.5. The lowest BCUT2D eigenvalue weighted by Gasteiger charge is -2.24. The molecular formula is C24H31N3O3. The van der Waals surface area contributed by atoms with Gasteiger partial charge in [0.25, 0.3) is 5.91 Å². The third-order valence-corrected chi connectivity index (χ3v) is 5.46. The molecule has 0 saturated carbocycles. The third kappa shape index (κ3) is 5.83. The maximum Gasteiger partial charge on any atom is 0.251 e. The largest absolute Gasteiger partial charge is 0.497 e. The highest BCUT2D eigenvalue weighted by molar-refractivity contribution is 5.97. The summed E-state index contributed by atoms with van der Waals surface area (Å²) in [5.74, 6) is 0.280. The zero-order valence-electron chi connectivity index (χ0n) is 17.9. The smallest absolute Gasteiger partial charge is 0.251 e. The lowest BCUT2D eigenvalue weighted by molar-refractivity contribution is -0.124. The van der Waals surface area contributed by atoms with Crippen LogP contribution in [0.2, 0.25) is 0 Å². The number of carbonyl (C=O) groups excluding carboxylic acids is 2. The first-order valence-electron chi connectivity index (χ1n) is 10.5. The standard InChI is InChI=1S/C24H31N3O3/c1-17(2)22(26-23(28)19-9-11-21(30-3)12-10-19)24(29)25-20-13-14-27(16-20)15-18-7-5-4-6-8-18/h4-12,17,20,22H,13-16H2,1-3H3,(H,25,29)(H,26,28).